The lowest BCUT2D eigenvalue weighted by Crippen LogP contribution is -2.48. The SMILES string of the molecule is CC(C)CC(N)C(=O)N1CCCC1C(=O)O.O=C(O)C(F)(F)F. The third kappa shape index (κ3) is 7.31. The summed E-state index contributed by atoms with van der Waals surface area (Å²) in [5, 5.41) is 16.1. The number of rotatable bonds is 4. The molecule has 1 fully saturated rings. The Morgan fingerprint density at radius 2 is 1.74 bits per heavy atom. The van der Waals surface area contributed by atoms with Crippen LogP contribution in [0, 0.1) is 5.92 Å². The Morgan fingerprint density at radius 3 is 2.09 bits per heavy atom. The summed E-state index contributed by atoms with van der Waals surface area (Å²) in [7, 11) is 0. The molecular weight excluding hydrogens is 321 g/mol. The zero-order valence-electron chi connectivity index (χ0n) is 12.8. The van der Waals surface area contributed by atoms with Crippen molar-refractivity contribution in [1.29, 1.82) is 0 Å². The first-order valence-corrected chi connectivity index (χ1v) is 6.96. The van der Waals surface area contributed by atoms with E-state index in [0.717, 1.165) is 6.42 Å². The Hall–Kier alpha value is -1.84. The minimum Gasteiger partial charge on any atom is -0.480 e. The van der Waals surface area contributed by atoms with Crippen LogP contribution in [0.4, 0.5) is 13.2 Å². The van der Waals surface area contributed by atoms with E-state index in [-0.39, 0.29) is 5.91 Å². The molecule has 2 unspecified atom stereocenters. The molecule has 0 radical (unpaired) electrons. The highest BCUT2D eigenvalue weighted by molar-refractivity contribution is 5.87. The van der Waals surface area contributed by atoms with Gasteiger partial charge in [-0.2, -0.15) is 13.2 Å². The number of halogens is 3. The molecule has 134 valence electrons. The third-order valence-corrected chi connectivity index (χ3v) is 3.11. The summed E-state index contributed by atoms with van der Waals surface area (Å²) in [6.07, 6.45) is -3.20. The molecule has 1 heterocycles. The number of amides is 1. The molecule has 1 rings (SSSR count). The quantitative estimate of drug-likeness (QED) is 0.703. The highest BCUT2D eigenvalue weighted by Gasteiger charge is 2.38. The Bertz CT molecular complexity index is 440. The zero-order chi connectivity index (χ0) is 18.4. The van der Waals surface area contributed by atoms with Crippen molar-refractivity contribution in [2.24, 2.45) is 11.7 Å². The molecule has 0 aromatic carbocycles. The van der Waals surface area contributed by atoms with Crippen molar-refractivity contribution in [3.8, 4) is 0 Å². The van der Waals surface area contributed by atoms with E-state index in [1.807, 2.05) is 13.8 Å². The Labute approximate surface area is 131 Å². The van der Waals surface area contributed by atoms with Crippen LogP contribution >= 0.6 is 0 Å². The van der Waals surface area contributed by atoms with Gasteiger partial charge in [0.25, 0.3) is 0 Å². The maximum Gasteiger partial charge on any atom is 0.490 e. The largest absolute Gasteiger partial charge is 0.490 e. The Kier molecular flexibility index (Phi) is 8.01. The average molecular weight is 342 g/mol. The van der Waals surface area contributed by atoms with Gasteiger partial charge in [-0.05, 0) is 25.2 Å². The maximum absolute atomic E-state index is 11.9. The summed E-state index contributed by atoms with van der Waals surface area (Å²) < 4.78 is 31.7. The van der Waals surface area contributed by atoms with E-state index in [1.54, 1.807) is 0 Å². The number of alkyl halides is 3. The van der Waals surface area contributed by atoms with E-state index in [4.69, 9.17) is 20.7 Å². The molecule has 0 spiro atoms. The van der Waals surface area contributed by atoms with Gasteiger partial charge in [0.1, 0.15) is 6.04 Å². The number of carboxylic acids is 2. The molecule has 0 aromatic heterocycles. The van der Waals surface area contributed by atoms with Gasteiger partial charge in [-0.15, -0.1) is 0 Å². The van der Waals surface area contributed by atoms with E-state index < -0.39 is 30.2 Å². The smallest absolute Gasteiger partial charge is 0.480 e. The standard InChI is InChI=1S/C11H20N2O3.C2HF3O2/c1-7(2)6-8(12)10(14)13-5-3-4-9(13)11(15)16;3-2(4,5)1(6)7/h7-9H,3-6,12H2,1-2H3,(H,15,16);(H,6,7). The van der Waals surface area contributed by atoms with Crippen LogP contribution in [0.1, 0.15) is 33.1 Å². The van der Waals surface area contributed by atoms with Gasteiger partial charge in [-0.1, -0.05) is 13.8 Å². The molecule has 1 aliphatic heterocycles. The summed E-state index contributed by atoms with van der Waals surface area (Å²) in [6.45, 7) is 4.50. The van der Waals surface area contributed by atoms with E-state index >= 15 is 0 Å². The van der Waals surface area contributed by atoms with Crippen LogP contribution in [0.25, 0.3) is 0 Å². The van der Waals surface area contributed by atoms with Crippen molar-refractivity contribution in [2.75, 3.05) is 6.54 Å². The van der Waals surface area contributed by atoms with Crippen molar-refractivity contribution < 1.29 is 37.8 Å². The van der Waals surface area contributed by atoms with Crippen LogP contribution in [0.2, 0.25) is 0 Å². The lowest BCUT2D eigenvalue weighted by atomic mass is 10.0. The topological polar surface area (TPSA) is 121 Å². The number of carboxylic acid groups (broad SMARTS) is 2. The number of hydrogen-bond acceptors (Lipinski definition) is 4. The summed E-state index contributed by atoms with van der Waals surface area (Å²) >= 11 is 0. The van der Waals surface area contributed by atoms with Crippen molar-refractivity contribution in [3.05, 3.63) is 0 Å². The van der Waals surface area contributed by atoms with Gasteiger partial charge in [-0.25, -0.2) is 9.59 Å². The number of nitrogens with zero attached hydrogens (tertiary/aromatic N) is 1. The van der Waals surface area contributed by atoms with Crippen LogP contribution in [-0.4, -0.2) is 57.8 Å². The van der Waals surface area contributed by atoms with Gasteiger partial charge >= 0.3 is 18.1 Å². The monoisotopic (exact) mass is 342 g/mol. The van der Waals surface area contributed by atoms with Gasteiger partial charge in [0.05, 0.1) is 6.04 Å². The molecule has 7 nitrogen and oxygen atoms in total. The number of nitrogens with two attached hydrogens (primary N) is 1. The van der Waals surface area contributed by atoms with E-state index in [0.29, 0.717) is 25.3 Å². The van der Waals surface area contributed by atoms with Crippen LogP contribution < -0.4 is 5.73 Å². The number of likely N-dealkylation sites (tertiary alicyclic amines) is 1. The Balaban J connectivity index is 0.000000585. The fourth-order valence-electron chi connectivity index (χ4n) is 2.11. The molecule has 4 N–H and O–H groups in total. The summed E-state index contributed by atoms with van der Waals surface area (Å²) in [5.74, 6) is -3.57. The van der Waals surface area contributed by atoms with Crippen LogP contribution in [0.3, 0.4) is 0 Å². The maximum atomic E-state index is 11.9. The van der Waals surface area contributed by atoms with E-state index in [1.165, 1.54) is 4.90 Å². The molecular formula is C13H21F3N2O5. The third-order valence-electron chi connectivity index (χ3n) is 3.11. The second kappa shape index (κ2) is 8.70. The first-order valence-electron chi connectivity index (χ1n) is 6.96. The van der Waals surface area contributed by atoms with Crippen LogP contribution in [0.15, 0.2) is 0 Å². The highest BCUT2D eigenvalue weighted by Crippen LogP contribution is 2.19. The number of aliphatic carboxylic acids is 2. The fourth-order valence-corrected chi connectivity index (χ4v) is 2.11. The average Bonchev–Trinajstić information content (AvgIpc) is 2.85. The Morgan fingerprint density at radius 1 is 1.26 bits per heavy atom. The summed E-state index contributed by atoms with van der Waals surface area (Å²) in [5.41, 5.74) is 5.78. The number of carbonyl (C=O) groups excluding carboxylic acids is 1. The molecule has 0 aromatic rings. The molecule has 2 atom stereocenters. The predicted molar refractivity (Wildman–Crippen MR) is 73.5 cm³/mol. The van der Waals surface area contributed by atoms with Crippen LogP contribution in [-0.2, 0) is 14.4 Å². The van der Waals surface area contributed by atoms with Gasteiger partial charge < -0.3 is 20.8 Å². The fraction of sp³-hybridized carbons (Fsp3) is 0.769. The molecule has 0 saturated carbocycles. The first kappa shape index (κ1) is 21.2. The normalized spacial score (nSPS) is 19.1. The van der Waals surface area contributed by atoms with Gasteiger partial charge in [-0.3, -0.25) is 4.79 Å². The first-order chi connectivity index (χ1) is 10.4. The molecule has 0 bridgehead atoms. The zero-order valence-corrected chi connectivity index (χ0v) is 12.8. The van der Waals surface area contributed by atoms with Crippen LogP contribution in [0.5, 0.6) is 0 Å². The highest BCUT2D eigenvalue weighted by atomic mass is 19.4. The minimum atomic E-state index is -5.08. The second-order valence-corrected chi connectivity index (χ2v) is 5.57. The number of carbonyl (C=O) groups is 3. The van der Waals surface area contributed by atoms with Gasteiger partial charge in [0, 0.05) is 6.54 Å². The number of hydrogen-bond donors (Lipinski definition) is 3. The molecule has 23 heavy (non-hydrogen) atoms. The minimum absolute atomic E-state index is 0.224. The lowest BCUT2D eigenvalue weighted by Gasteiger charge is -2.25. The van der Waals surface area contributed by atoms with Crippen molar-refractivity contribution in [2.45, 2.75) is 51.4 Å². The van der Waals surface area contributed by atoms with Crippen molar-refractivity contribution in [1.82, 2.24) is 4.90 Å². The summed E-state index contributed by atoms with van der Waals surface area (Å²) in [4.78, 5) is 33.2. The predicted octanol–water partition coefficient (Wildman–Crippen LogP) is 1.07. The van der Waals surface area contributed by atoms with Gasteiger partial charge in [0.2, 0.25) is 5.91 Å². The van der Waals surface area contributed by atoms with Crippen molar-refractivity contribution >= 4 is 17.8 Å². The van der Waals surface area contributed by atoms with E-state index in [2.05, 4.69) is 0 Å². The molecule has 1 amide bonds. The lowest BCUT2D eigenvalue weighted by molar-refractivity contribution is -0.192. The molecule has 0 aliphatic carbocycles. The summed E-state index contributed by atoms with van der Waals surface area (Å²) in [6, 6.07) is -1.24. The second-order valence-electron chi connectivity index (χ2n) is 5.57. The molecule has 1 aliphatic rings. The molecule has 10 heteroatoms. The van der Waals surface area contributed by atoms with Crippen molar-refractivity contribution in [3.63, 3.8) is 0 Å². The van der Waals surface area contributed by atoms with E-state index in [9.17, 15) is 22.8 Å². The van der Waals surface area contributed by atoms with Gasteiger partial charge in [0.15, 0.2) is 0 Å². The molecule has 1 saturated heterocycles.